The third kappa shape index (κ3) is 6.94. The van der Waals surface area contributed by atoms with E-state index < -0.39 is 16.7 Å². The van der Waals surface area contributed by atoms with E-state index in [4.69, 9.17) is 5.73 Å². The number of alkyl halides is 3. The molecule has 5 nitrogen and oxygen atoms in total. The average molecular weight is 307 g/mol. The maximum Gasteiger partial charge on any atom is 0.416 e. The number of benzene rings is 1. The minimum atomic E-state index is -4.50. The molecule has 8 heteroatoms. The molecule has 1 unspecified atom stereocenters. The van der Waals surface area contributed by atoms with E-state index in [0.29, 0.717) is 18.7 Å². The summed E-state index contributed by atoms with van der Waals surface area (Å²) in [5.41, 5.74) is 3.89. The van der Waals surface area contributed by atoms with Gasteiger partial charge in [-0.25, -0.2) is 0 Å². The van der Waals surface area contributed by atoms with Crippen LogP contribution in [0.2, 0.25) is 0 Å². The molecule has 0 saturated heterocycles. The van der Waals surface area contributed by atoms with E-state index in [1.54, 1.807) is 6.92 Å². The van der Waals surface area contributed by atoms with Gasteiger partial charge in [0.05, 0.1) is 10.5 Å². The van der Waals surface area contributed by atoms with Crippen LogP contribution in [0.3, 0.4) is 0 Å². The number of hydrogen-bond acceptors (Lipinski definition) is 4. The predicted octanol–water partition coefficient (Wildman–Crippen LogP) is 3.79. The van der Waals surface area contributed by atoms with Crippen molar-refractivity contribution in [2.75, 3.05) is 11.9 Å². The van der Waals surface area contributed by atoms with Crippen LogP contribution in [0, 0.1) is 10.1 Å². The largest absolute Gasteiger partial charge is 0.416 e. The number of nitro groups is 1. The first kappa shape index (κ1) is 19.2. The van der Waals surface area contributed by atoms with Crippen LogP contribution in [0.1, 0.15) is 32.8 Å². The molecule has 1 aromatic carbocycles. The van der Waals surface area contributed by atoms with Gasteiger partial charge in [0, 0.05) is 18.7 Å². The summed E-state index contributed by atoms with van der Waals surface area (Å²) in [4.78, 5) is 9.82. The minimum Gasteiger partial charge on any atom is -0.380 e. The zero-order valence-corrected chi connectivity index (χ0v) is 12.2. The van der Waals surface area contributed by atoms with Crippen LogP contribution in [0.25, 0.3) is 0 Å². The fraction of sp³-hybridized carbons (Fsp3) is 0.538. The van der Waals surface area contributed by atoms with E-state index in [0.717, 1.165) is 18.6 Å². The molecule has 0 heterocycles. The molecule has 0 aromatic heterocycles. The van der Waals surface area contributed by atoms with Crippen LogP contribution in [-0.4, -0.2) is 17.5 Å². The zero-order chi connectivity index (χ0) is 16.6. The Kier molecular flexibility index (Phi) is 7.72. The Morgan fingerprint density at radius 3 is 2.24 bits per heavy atom. The number of anilines is 1. The lowest BCUT2D eigenvalue weighted by molar-refractivity contribution is -0.384. The minimum absolute atomic E-state index is 0.123. The lowest BCUT2D eigenvalue weighted by Gasteiger charge is -2.09. The number of halogens is 3. The second kappa shape index (κ2) is 8.46. The Bertz CT molecular complexity index is 462. The molecule has 120 valence electrons. The van der Waals surface area contributed by atoms with Gasteiger partial charge in [0.1, 0.15) is 5.69 Å². The van der Waals surface area contributed by atoms with Crippen molar-refractivity contribution in [1.82, 2.24) is 0 Å². The first-order chi connectivity index (χ1) is 9.63. The second-order valence-electron chi connectivity index (χ2n) is 4.40. The predicted molar refractivity (Wildman–Crippen MR) is 76.2 cm³/mol. The van der Waals surface area contributed by atoms with Crippen LogP contribution in [-0.2, 0) is 6.18 Å². The summed E-state index contributed by atoms with van der Waals surface area (Å²) in [6, 6.07) is 2.66. The molecule has 0 saturated carbocycles. The average Bonchev–Trinajstić information content (AvgIpc) is 2.38. The highest BCUT2D eigenvalue weighted by Crippen LogP contribution is 2.34. The van der Waals surface area contributed by atoms with E-state index >= 15 is 0 Å². The molecular formula is C13H20F3N3O2. The zero-order valence-electron chi connectivity index (χ0n) is 12.2. The Hall–Kier alpha value is -1.83. The number of rotatable bonds is 4. The number of nitrogens with two attached hydrogens (primary N) is 1. The summed E-state index contributed by atoms with van der Waals surface area (Å²) in [5, 5.41) is 13.1. The summed E-state index contributed by atoms with van der Waals surface area (Å²) >= 11 is 0. The fourth-order valence-corrected chi connectivity index (χ4v) is 1.20. The molecular weight excluding hydrogens is 287 g/mol. The van der Waals surface area contributed by atoms with Gasteiger partial charge in [-0.1, -0.05) is 6.92 Å². The maximum absolute atomic E-state index is 12.3. The van der Waals surface area contributed by atoms with E-state index in [-0.39, 0.29) is 11.4 Å². The quantitative estimate of drug-likeness (QED) is 0.655. The number of nitrogens with one attached hydrogen (secondary N) is 1. The van der Waals surface area contributed by atoms with E-state index in [2.05, 4.69) is 12.2 Å². The number of hydrogen-bond donors (Lipinski definition) is 2. The molecule has 1 aromatic rings. The smallest absolute Gasteiger partial charge is 0.380 e. The van der Waals surface area contributed by atoms with Gasteiger partial charge in [-0.2, -0.15) is 13.2 Å². The number of nitrogens with zero attached hydrogens (tertiary/aromatic N) is 1. The summed E-state index contributed by atoms with van der Waals surface area (Å²) in [7, 11) is 0. The van der Waals surface area contributed by atoms with Crippen molar-refractivity contribution < 1.29 is 18.1 Å². The lowest BCUT2D eigenvalue weighted by Crippen LogP contribution is -2.11. The summed E-state index contributed by atoms with van der Waals surface area (Å²) in [5.74, 6) is 0. The van der Waals surface area contributed by atoms with E-state index in [1.165, 1.54) is 0 Å². The van der Waals surface area contributed by atoms with Gasteiger partial charge in [0.2, 0.25) is 0 Å². The van der Waals surface area contributed by atoms with Crippen LogP contribution >= 0.6 is 0 Å². The lowest BCUT2D eigenvalue weighted by atomic mass is 10.1. The van der Waals surface area contributed by atoms with Crippen molar-refractivity contribution >= 4 is 11.4 Å². The highest BCUT2D eigenvalue weighted by atomic mass is 19.4. The van der Waals surface area contributed by atoms with Crippen LogP contribution < -0.4 is 11.1 Å². The van der Waals surface area contributed by atoms with Gasteiger partial charge in [0.25, 0.3) is 5.69 Å². The molecule has 0 aliphatic heterocycles. The summed E-state index contributed by atoms with van der Waals surface area (Å²) < 4.78 is 37.0. The molecule has 0 bridgehead atoms. The third-order valence-electron chi connectivity index (χ3n) is 2.53. The topological polar surface area (TPSA) is 81.2 Å². The van der Waals surface area contributed by atoms with Crippen molar-refractivity contribution in [2.45, 2.75) is 39.4 Å². The molecule has 0 aliphatic rings. The van der Waals surface area contributed by atoms with Crippen LogP contribution in [0.15, 0.2) is 18.2 Å². The van der Waals surface area contributed by atoms with E-state index in [9.17, 15) is 23.3 Å². The molecule has 0 radical (unpaired) electrons. The van der Waals surface area contributed by atoms with Gasteiger partial charge in [0.15, 0.2) is 0 Å². The molecule has 1 atom stereocenters. The molecule has 0 spiro atoms. The normalized spacial score (nSPS) is 12.1. The molecule has 1 rings (SSSR count). The van der Waals surface area contributed by atoms with Crippen LogP contribution in [0.4, 0.5) is 24.5 Å². The van der Waals surface area contributed by atoms with Crippen molar-refractivity contribution in [3.05, 3.63) is 33.9 Å². The highest BCUT2D eigenvalue weighted by Gasteiger charge is 2.32. The van der Waals surface area contributed by atoms with E-state index in [1.807, 2.05) is 6.92 Å². The van der Waals surface area contributed by atoms with Gasteiger partial charge < -0.3 is 11.1 Å². The molecule has 3 N–H and O–H groups in total. The maximum atomic E-state index is 12.3. The first-order valence-corrected chi connectivity index (χ1v) is 6.48. The summed E-state index contributed by atoms with van der Waals surface area (Å²) in [6.45, 7) is 6.02. The summed E-state index contributed by atoms with van der Waals surface area (Å²) in [6.07, 6.45) is -3.42. The highest BCUT2D eigenvalue weighted by molar-refractivity contribution is 5.63. The Morgan fingerprint density at radius 2 is 1.90 bits per heavy atom. The fourth-order valence-electron chi connectivity index (χ4n) is 1.20. The van der Waals surface area contributed by atoms with Gasteiger partial charge in [-0.3, -0.25) is 10.1 Å². The van der Waals surface area contributed by atoms with Crippen LogP contribution in [0.5, 0.6) is 0 Å². The third-order valence-corrected chi connectivity index (χ3v) is 2.53. The number of nitro benzene ring substituents is 1. The van der Waals surface area contributed by atoms with Crippen molar-refractivity contribution in [3.63, 3.8) is 0 Å². The molecule has 0 fully saturated rings. The Balaban J connectivity index is 0.000000690. The van der Waals surface area contributed by atoms with Gasteiger partial charge in [-0.05, 0) is 32.4 Å². The van der Waals surface area contributed by atoms with Gasteiger partial charge >= 0.3 is 6.18 Å². The molecule has 21 heavy (non-hydrogen) atoms. The second-order valence-corrected chi connectivity index (χ2v) is 4.40. The Morgan fingerprint density at radius 1 is 1.38 bits per heavy atom. The van der Waals surface area contributed by atoms with Crippen molar-refractivity contribution in [2.24, 2.45) is 5.73 Å². The van der Waals surface area contributed by atoms with Gasteiger partial charge in [-0.15, -0.1) is 0 Å². The first-order valence-electron chi connectivity index (χ1n) is 6.48. The molecule has 0 amide bonds. The van der Waals surface area contributed by atoms with Crippen molar-refractivity contribution in [1.29, 1.82) is 0 Å². The van der Waals surface area contributed by atoms with Crippen molar-refractivity contribution in [3.8, 4) is 0 Å². The standard InChI is InChI=1S/C9H9F3N2O2.C4H11N/c1-2-13-7-5-6(9(10,11)12)3-4-8(7)14(15)16;1-3-4(2)5/h3-5,13H,2H2,1H3;4H,3,5H2,1-2H3. The monoisotopic (exact) mass is 307 g/mol. The Labute approximate surface area is 121 Å². The molecule has 0 aliphatic carbocycles. The SMILES string of the molecule is CCC(C)N.CCNc1cc(C(F)(F)F)ccc1[N+](=O)[O-].